The van der Waals surface area contributed by atoms with Crippen molar-refractivity contribution in [2.45, 2.75) is 31.6 Å². The van der Waals surface area contributed by atoms with Gasteiger partial charge in [-0.05, 0) is 91.6 Å². The number of rotatable bonds is 21. The quantitative estimate of drug-likeness (QED) is 0.0540. The van der Waals surface area contributed by atoms with Crippen molar-refractivity contribution < 1.29 is 33.3 Å². The summed E-state index contributed by atoms with van der Waals surface area (Å²) in [5.74, 6) is 0.196. The van der Waals surface area contributed by atoms with Crippen LogP contribution in [0.1, 0.15) is 57.9 Å². The Morgan fingerprint density at radius 2 is 0.864 bits per heavy atom. The number of hydrogen-bond acceptors (Lipinski definition) is 7. The van der Waals surface area contributed by atoms with Gasteiger partial charge in [-0.15, -0.1) is 0 Å². The van der Waals surface area contributed by atoms with E-state index in [2.05, 4.69) is 103 Å². The molecule has 0 unspecified atom stereocenters. The maximum Gasteiger partial charge on any atom is 0.228 e. The first-order chi connectivity index (χ1) is 29.1. The van der Waals surface area contributed by atoms with E-state index in [9.17, 15) is 9.59 Å². The molecule has 7 nitrogen and oxygen atoms in total. The molecule has 5 aromatic carbocycles. The van der Waals surface area contributed by atoms with E-state index in [0.717, 1.165) is 36.9 Å². The SMILES string of the molecule is O=C1C(OCCOCCOCCOCCOCC[P+](c2ccccc2)(c2ccccc2)c2ccccc2)=C(C2CCC(c3ccc(Cl)cc3)CC2)C(=O)c2ccccc21. The third kappa shape index (κ3) is 10.7. The number of ether oxygens (including phenoxy) is 5. The van der Waals surface area contributed by atoms with Crippen molar-refractivity contribution in [3.8, 4) is 0 Å². The van der Waals surface area contributed by atoms with Gasteiger partial charge >= 0.3 is 0 Å². The smallest absolute Gasteiger partial charge is 0.228 e. The van der Waals surface area contributed by atoms with E-state index in [1.165, 1.54) is 21.5 Å². The molecule has 0 atom stereocenters. The minimum absolute atomic E-state index is 0.0406. The van der Waals surface area contributed by atoms with Crippen molar-refractivity contribution in [2.75, 3.05) is 65.6 Å². The lowest BCUT2D eigenvalue weighted by Gasteiger charge is -2.32. The molecular formula is C50H53ClO7P+. The molecule has 0 heterocycles. The van der Waals surface area contributed by atoms with E-state index >= 15 is 0 Å². The minimum Gasteiger partial charge on any atom is -0.487 e. The zero-order valence-corrected chi connectivity index (χ0v) is 35.2. The molecule has 9 heteroatoms. The van der Waals surface area contributed by atoms with Crippen LogP contribution in [0, 0.1) is 5.92 Å². The van der Waals surface area contributed by atoms with E-state index < -0.39 is 7.26 Å². The Hall–Kier alpha value is -4.46. The summed E-state index contributed by atoms with van der Waals surface area (Å²) < 4.78 is 29.5. The van der Waals surface area contributed by atoms with Crippen molar-refractivity contribution in [3.05, 3.63) is 173 Å². The van der Waals surface area contributed by atoms with Crippen LogP contribution in [0.3, 0.4) is 0 Å². The summed E-state index contributed by atoms with van der Waals surface area (Å²) >= 11 is 6.11. The predicted molar refractivity (Wildman–Crippen MR) is 238 cm³/mol. The Morgan fingerprint density at radius 3 is 1.36 bits per heavy atom. The number of fused-ring (bicyclic) bond motifs is 1. The number of hydrogen-bond donors (Lipinski definition) is 0. The first-order valence-corrected chi connectivity index (χ1v) is 23.1. The van der Waals surface area contributed by atoms with E-state index in [4.69, 9.17) is 35.3 Å². The summed E-state index contributed by atoms with van der Waals surface area (Å²) in [4.78, 5) is 27.5. The molecule has 0 amide bonds. The van der Waals surface area contributed by atoms with E-state index in [-0.39, 0.29) is 36.5 Å². The molecule has 7 rings (SSSR count). The molecule has 2 aliphatic rings. The second-order valence-corrected chi connectivity index (χ2v) is 18.9. The second kappa shape index (κ2) is 21.7. The standard InChI is InChI=1S/C50H53ClO7P/c51-41-26-24-39(25-27-41)38-20-22-40(23-21-38)47-48(52)45-18-10-11-19-46(45)49(53)50(47)58-35-34-56-31-30-54-28-29-55-32-33-57-36-37-59(42-12-4-1-5-13-42,43-14-6-2-7-15-43)44-16-8-3-9-17-44/h1-19,24-27,38,40H,20-23,28-37H2/q+1. The summed E-state index contributed by atoms with van der Waals surface area (Å²) in [6.07, 6.45) is 4.36. The normalized spacial score (nSPS) is 16.9. The number of carbonyl (C=O) groups excluding carboxylic acids is 2. The molecule has 5 aromatic rings. The van der Waals surface area contributed by atoms with Crippen LogP contribution in [0.15, 0.2) is 151 Å². The fraction of sp³-hybridized carbons (Fsp3) is 0.320. The van der Waals surface area contributed by atoms with Crippen LogP contribution in [-0.2, 0) is 23.7 Å². The van der Waals surface area contributed by atoms with Gasteiger partial charge in [0.25, 0.3) is 0 Å². The van der Waals surface area contributed by atoms with Crippen LogP contribution >= 0.6 is 18.9 Å². The largest absolute Gasteiger partial charge is 0.487 e. The maximum absolute atomic E-state index is 13.8. The lowest BCUT2D eigenvalue weighted by atomic mass is 9.72. The highest BCUT2D eigenvalue weighted by atomic mass is 35.5. The highest BCUT2D eigenvalue weighted by molar-refractivity contribution is 7.95. The molecule has 1 saturated carbocycles. The Morgan fingerprint density at radius 1 is 0.458 bits per heavy atom. The molecule has 2 aliphatic carbocycles. The average molecular weight is 832 g/mol. The molecule has 0 radical (unpaired) electrons. The Balaban J connectivity index is 0.806. The van der Waals surface area contributed by atoms with Crippen LogP contribution in [-0.4, -0.2) is 77.2 Å². The van der Waals surface area contributed by atoms with Crippen LogP contribution in [0.25, 0.3) is 0 Å². The number of Topliss-reactive ketones (excluding diaryl/α,β-unsaturated/α-hetero) is 2. The first-order valence-electron chi connectivity index (χ1n) is 20.7. The molecule has 0 saturated heterocycles. The summed E-state index contributed by atoms with van der Waals surface area (Å²) in [6, 6.07) is 47.5. The Labute approximate surface area is 354 Å². The topological polar surface area (TPSA) is 80.3 Å². The number of halogens is 1. The van der Waals surface area contributed by atoms with Gasteiger partial charge in [0.1, 0.15) is 29.8 Å². The van der Waals surface area contributed by atoms with Gasteiger partial charge in [-0.2, -0.15) is 0 Å². The molecule has 59 heavy (non-hydrogen) atoms. The van der Waals surface area contributed by atoms with E-state index in [1.54, 1.807) is 24.3 Å². The second-order valence-electron chi connectivity index (χ2n) is 14.9. The first kappa shape index (κ1) is 42.7. The number of ketones is 2. The van der Waals surface area contributed by atoms with Gasteiger partial charge < -0.3 is 23.7 Å². The van der Waals surface area contributed by atoms with Gasteiger partial charge in [0.05, 0.1) is 59.0 Å². The van der Waals surface area contributed by atoms with Crippen molar-refractivity contribution >= 4 is 46.3 Å². The maximum atomic E-state index is 13.8. The monoisotopic (exact) mass is 831 g/mol. The molecule has 0 aliphatic heterocycles. The molecule has 0 bridgehead atoms. The average Bonchev–Trinajstić information content (AvgIpc) is 3.29. The van der Waals surface area contributed by atoms with E-state index in [0.29, 0.717) is 68.9 Å². The highest BCUT2D eigenvalue weighted by Gasteiger charge is 2.45. The van der Waals surface area contributed by atoms with Gasteiger partial charge in [-0.1, -0.05) is 103 Å². The molecule has 0 N–H and O–H groups in total. The summed E-state index contributed by atoms with van der Waals surface area (Å²) in [5, 5.41) is 4.76. The third-order valence-corrected chi connectivity index (χ3v) is 16.0. The van der Waals surface area contributed by atoms with Gasteiger partial charge in [0, 0.05) is 21.7 Å². The lowest BCUT2D eigenvalue weighted by molar-refractivity contribution is -0.00609. The molecule has 306 valence electrons. The van der Waals surface area contributed by atoms with Crippen molar-refractivity contribution in [2.24, 2.45) is 5.92 Å². The fourth-order valence-electron chi connectivity index (χ4n) is 8.38. The number of carbonyl (C=O) groups is 2. The van der Waals surface area contributed by atoms with Crippen molar-refractivity contribution in [3.63, 3.8) is 0 Å². The van der Waals surface area contributed by atoms with Crippen molar-refractivity contribution in [1.82, 2.24) is 0 Å². The summed E-state index contributed by atoms with van der Waals surface area (Å²) in [7, 11) is -1.92. The zero-order valence-electron chi connectivity index (χ0n) is 33.5. The van der Waals surface area contributed by atoms with Crippen molar-refractivity contribution in [1.29, 1.82) is 0 Å². The van der Waals surface area contributed by atoms with Gasteiger partial charge in [-0.3, -0.25) is 9.59 Å². The zero-order chi connectivity index (χ0) is 40.7. The van der Waals surface area contributed by atoms with Crippen LogP contribution in [0.5, 0.6) is 0 Å². The van der Waals surface area contributed by atoms with Crippen LogP contribution < -0.4 is 15.9 Å². The highest BCUT2D eigenvalue weighted by Crippen LogP contribution is 2.55. The Bertz CT molecular complexity index is 2020. The van der Waals surface area contributed by atoms with E-state index in [1.807, 2.05) is 12.1 Å². The fourth-order valence-corrected chi connectivity index (χ4v) is 12.6. The summed E-state index contributed by atoms with van der Waals surface area (Å²) in [5.41, 5.74) is 2.62. The van der Waals surface area contributed by atoms with Crippen LogP contribution in [0.2, 0.25) is 5.02 Å². The van der Waals surface area contributed by atoms with Gasteiger partial charge in [0.2, 0.25) is 5.78 Å². The van der Waals surface area contributed by atoms with Crippen LogP contribution in [0.4, 0.5) is 0 Å². The molecular weight excluding hydrogens is 779 g/mol. The summed E-state index contributed by atoms with van der Waals surface area (Å²) in [6.45, 7) is 3.71. The number of benzene rings is 5. The Kier molecular flexibility index (Phi) is 15.7. The minimum atomic E-state index is -1.92. The lowest BCUT2D eigenvalue weighted by Crippen LogP contribution is -2.34. The molecule has 0 aromatic heterocycles. The van der Waals surface area contributed by atoms with Gasteiger partial charge in [0.15, 0.2) is 11.5 Å². The molecule has 1 fully saturated rings. The predicted octanol–water partition coefficient (Wildman–Crippen LogP) is 9.02. The molecule has 0 spiro atoms. The number of allylic oxidation sites excluding steroid dienone is 2. The third-order valence-electron chi connectivity index (χ3n) is 11.3. The van der Waals surface area contributed by atoms with Gasteiger partial charge in [-0.25, -0.2) is 0 Å².